The zero-order chi connectivity index (χ0) is 20.1. The maximum absolute atomic E-state index is 12.9. The summed E-state index contributed by atoms with van der Waals surface area (Å²) in [5.74, 6) is 1.28. The third-order valence-corrected chi connectivity index (χ3v) is 6.31. The van der Waals surface area contributed by atoms with E-state index in [0.717, 1.165) is 11.1 Å². The van der Waals surface area contributed by atoms with Crippen LogP contribution in [0.25, 0.3) is 0 Å². The van der Waals surface area contributed by atoms with Crippen LogP contribution in [0.4, 0.5) is 5.69 Å². The highest BCUT2D eigenvalue weighted by Gasteiger charge is 2.33. The van der Waals surface area contributed by atoms with Crippen LogP contribution >= 0.6 is 0 Å². The van der Waals surface area contributed by atoms with Gasteiger partial charge in [0.15, 0.2) is 11.5 Å². The number of benzene rings is 2. The second kappa shape index (κ2) is 6.70. The summed E-state index contributed by atoms with van der Waals surface area (Å²) >= 11 is 0. The van der Waals surface area contributed by atoms with Crippen LogP contribution in [0.1, 0.15) is 28.4 Å². The number of hydrogen-bond donors (Lipinski definition) is 0. The zero-order valence-electron chi connectivity index (χ0n) is 16.0. The Morgan fingerprint density at radius 2 is 1.93 bits per heavy atom. The van der Waals surface area contributed by atoms with Gasteiger partial charge in [-0.15, -0.1) is 0 Å². The molecule has 0 saturated heterocycles. The van der Waals surface area contributed by atoms with Crippen molar-refractivity contribution in [2.75, 3.05) is 24.4 Å². The molecule has 0 aromatic heterocycles. The van der Waals surface area contributed by atoms with E-state index in [2.05, 4.69) is 0 Å². The topological polar surface area (TPSA) is 76.2 Å². The summed E-state index contributed by atoms with van der Waals surface area (Å²) in [7, 11) is -1.60. The fourth-order valence-corrected chi connectivity index (χ4v) is 5.11. The van der Waals surface area contributed by atoms with Gasteiger partial charge in [-0.05, 0) is 54.8 Å². The van der Waals surface area contributed by atoms with Crippen molar-refractivity contribution in [3.63, 3.8) is 0 Å². The highest BCUT2D eigenvalue weighted by Crippen LogP contribution is 2.35. The first kappa shape index (κ1) is 18.6. The molecule has 1 amide bonds. The molecule has 8 heteroatoms. The molecule has 0 N–H and O–H groups in total. The lowest BCUT2D eigenvalue weighted by Gasteiger charge is -2.22. The van der Waals surface area contributed by atoms with Crippen molar-refractivity contribution in [3.05, 3.63) is 53.1 Å². The van der Waals surface area contributed by atoms with Gasteiger partial charge in [0.2, 0.25) is 16.8 Å². The van der Waals surface area contributed by atoms with E-state index in [9.17, 15) is 13.2 Å². The Balaban J connectivity index is 1.53. The number of hydrogen-bond acceptors (Lipinski definition) is 5. The Kier molecular flexibility index (Phi) is 4.45. The molecule has 2 aromatic carbocycles. The standard InChI is InChI=1S/C20H22N2O5S/c1-13-8-16-10-15(5-6-17(16)22(13)28(3,24)25)20(23)21(2)11-14-4-7-18-19(9-14)27-12-26-18/h4-7,9-10,13H,8,11-12H2,1-3H3/t13-/m0/s1. The fourth-order valence-electron chi connectivity index (χ4n) is 3.85. The minimum absolute atomic E-state index is 0.120. The van der Waals surface area contributed by atoms with Crippen molar-refractivity contribution in [2.45, 2.75) is 25.9 Å². The van der Waals surface area contributed by atoms with E-state index >= 15 is 0 Å². The SMILES string of the molecule is C[C@H]1Cc2cc(C(=O)N(C)Cc3ccc4c(c3)OCO4)ccc2N1S(C)(=O)=O. The molecule has 1 atom stereocenters. The van der Waals surface area contributed by atoms with E-state index in [1.54, 1.807) is 30.1 Å². The van der Waals surface area contributed by atoms with Crippen LogP contribution in [0.2, 0.25) is 0 Å². The van der Waals surface area contributed by atoms with Gasteiger partial charge in [-0.2, -0.15) is 0 Å². The molecule has 0 aliphatic carbocycles. The van der Waals surface area contributed by atoms with Crippen LogP contribution in [0.5, 0.6) is 11.5 Å². The smallest absolute Gasteiger partial charge is 0.253 e. The lowest BCUT2D eigenvalue weighted by Crippen LogP contribution is -2.34. The fraction of sp³-hybridized carbons (Fsp3) is 0.350. The Hall–Kier alpha value is -2.74. The van der Waals surface area contributed by atoms with E-state index in [1.165, 1.54) is 10.6 Å². The zero-order valence-corrected chi connectivity index (χ0v) is 16.8. The lowest BCUT2D eigenvalue weighted by molar-refractivity contribution is 0.0785. The maximum atomic E-state index is 12.9. The Morgan fingerprint density at radius 1 is 1.18 bits per heavy atom. The van der Waals surface area contributed by atoms with Crippen molar-refractivity contribution < 1.29 is 22.7 Å². The second-order valence-corrected chi connectivity index (χ2v) is 9.16. The van der Waals surface area contributed by atoms with Crippen molar-refractivity contribution in [3.8, 4) is 11.5 Å². The minimum Gasteiger partial charge on any atom is -0.454 e. The highest BCUT2D eigenvalue weighted by atomic mass is 32.2. The molecule has 2 aromatic rings. The predicted molar refractivity (Wildman–Crippen MR) is 105 cm³/mol. The lowest BCUT2D eigenvalue weighted by atomic mass is 10.1. The number of ether oxygens (including phenoxy) is 2. The number of amides is 1. The second-order valence-electron chi connectivity index (χ2n) is 7.30. The molecule has 0 saturated carbocycles. The normalized spacial score (nSPS) is 17.5. The Labute approximate surface area is 164 Å². The summed E-state index contributed by atoms with van der Waals surface area (Å²) in [5.41, 5.74) is 3.02. The molecule has 2 heterocycles. The van der Waals surface area contributed by atoms with Gasteiger partial charge in [0.05, 0.1) is 11.9 Å². The maximum Gasteiger partial charge on any atom is 0.253 e. The van der Waals surface area contributed by atoms with Gasteiger partial charge in [-0.25, -0.2) is 8.42 Å². The average Bonchev–Trinajstić information content (AvgIpc) is 3.22. The van der Waals surface area contributed by atoms with Gasteiger partial charge in [-0.1, -0.05) is 6.07 Å². The van der Waals surface area contributed by atoms with Gasteiger partial charge in [0.1, 0.15) is 0 Å². The first-order valence-corrected chi connectivity index (χ1v) is 10.8. The molecule has 0 radical (unpaired) electrons. The van der Waals surface area contributed by atoms with E-state index in [1.807, 2.05) is 25.1 Å². The molecule has 2 aliphatic rings. The van der Waals surface area contributed by atoms with E-state index in [4.69, 9.17) is 9.47 Å². The number of carbonyl (C=O) groups is 1. The molecule has 2 aliphatic heterocycles. The molecule has 0 unspecified atom stereocenters. The van der Waals surface area contributed by atoms with E-state index in [0.29, 0.717) is 35.7 Å². The number of anilines is 1. The number of rotatable bonds is 4. The molecule has 0 bridgehead atoms. The summed E-state index contributed by atoms with van der Waals surface area (Å²) in [5, 5.41) is 0. The minimum atomic E-state index is -3.34. The summed E-state index contributed by atoms with van der Waals surface area (Å²) in [6.07, 6.45) is 1.80. The first-order valence-electron chi connectivity index (χ1n) is 9.00. The molecule has 0 fully saturated rings. The molecular formula is C20H22N2O5S. The van der Waals surface area contributed by atoms with Gasteiger partial charge in [0.25, 0.3) is 5.91 Å². The quantitative estimate of drug-likeness (QED) is 0.785. The first-order chi connectivity index (χ1) is 13.2. The van der Waals surface area contributed by atoms with Crippen LogP contribution in [-0.4, -0.2) is 45.4 Å². The monoisotopic (exact) mass is 402 g/mol. The van der Waals surface area contributed by atoms with Gasteiger partial charge < -0.3 is 14.4 Å². The van der Waals surface area contributed by atoms with E-state index in [-0.39, 0.29) is 18.7 Å². The molecule has 28 heavy (non-hydrogen) atoms. The number of nitrogens with zero attached hydrogens (tertiary/aromatic N) is 2. The molecule has 148 valence electrons. The highest BCUT2D eigenvalue weighted by molar-refractivity contribution is 7.92. The van der Waals surface area contributed by atoms with Crippen molar-refractivity contribution >= 4 is 21.6 Å². The van der Waals surface area contributed by atoms with Crippen LogP contribution in [0, 0.1) is 0 Å². The number of carbonyl (C=O) groups excluding carboxylic acids is 1. The average molecular weight is 402 g/mol. The summed E-state index contributed by atoms with van der Waals surface area (Å²) in [4.78, 5) is 14.5. The van der Waals surface area contributed by atoms with Crippen LogP contribution in [0.15, 0.2) is 36.4 Å². The largest absolute Gasteiger partial charge is 0.454 e. The van der Waals surface area contributed by atoms with Gasteiger partial charge >= 0.3 is 0 Å². The van der Waals surface area contributed by atoms with Gasteiger partial charge in [-0.3, -0.25) is 9.10 Å². The molecule has 4 rings (SSSR count). The Morgan fingerprint density at radius 3 is 2.68 bits per heavy atom. The molecule has 0 spiro atoms. The number of sulfonamides is 1. The van der Waals surface area contributed by atoms with Crippen molar-refractivity contribution in [1.82, 2.24) is 4.90 Å². The molecule has 7 nitrogen and oxygen atoms in total. The summed E-state index contributed by atoms with van der Waals surface area (Å²) in [6.45, 7) is 2.51. The Bertz CT molecular complexity index is 1050. The number of fused-ring (bicyclic) bond motifs is 2. The van der Waals surface area contributed by atoms with Crippen molar-refractivity contribution in [1.29, 1.82) is 0 Å². The summed E-state index contributed by atoms with van der Waals surface area (Å²) < 4.78 is 36.2. The van der Waals surface area contributed by atoms with Crippen LogP contribution < -0.4 is 13.8 Å². The summed E-state index contributed by atoms with van der Waals surface area (Å²) in [6, 6.07) is 10.7. The predicted octanol–water partition coefficient (Wildman–Crippen LogP) is 2.40. The third-order valence-electron chi connectivity index (χ3n) is 5.04. The van der Waals surface area contributed by atoms with Crippen molar-refractivity contribution in [2.24, 2.45) is 0 Å². The molecular weight excluding hydrogens is 380 g/mol. The van der Waals surface area contributed by atoms with Crippen LogP contribution in [-0.2, 0) is 23.0 Å². The third kappa shape index (κ3) is 3.28. The van der Waals surface area contributed by atoms with Gasteiger partial charge in [0, 0.05) is 25.2 Å². The van der Waals surface area contributed by atoms with E-state index < -0.39 is 10.0 Å². The van der Waals surface area contributed by atoms with Crippen LogP contribution in [0.3, 0.4) is 0 Å².